The van der Waals surface area contributed by atoms with Crippen molar-refractivity contribution in [3.8, 4) is 6.07 Å². The van der Waals surface area contributed by atoms with E-state index in [-0.39, 0.29) is 12.5 Å². The zero-order valence-corrected chi connectivity index (χ0v) is 18.7. The number of anilines is 1. The molecule has 3 aliphatic rings. The first-order valence-corrected chi connectivity index (χ1v) is 11.8. The van der Waals surface area contributed by atoms with Crippen LogP contribution in [0.15, 0.2) is 24.3 Å². The normalized spacial score (nSPS) is 24.0. The molecule has 5 rings (SSSR count). The Kier molecular flexibility index (Phi) is 5.01. The first-order chi connectivity index (χ1) is 15.4. The Labute approximate surface area is 190 Å². The predicted molar refractivity (Wildman–Crippen MR) is 120 cm³/mol. The highest BCUT2D eigenvalue weighted by Gasteiger charge is 2.54. The monoisotopic (exact) mass is 448 g/mol. The minimum Gasteiger partial charge on any atom is -0.319 e. The molecule has 1 aromatic carbocycles. The number of urea groups is 1. The van der Waals surface area contributed by atoms with Gasteiger partial charge in [0.15, 0.2) is 0 Å². The lowest BCUT2D eigenvalue weighted by molar-refractivity contribution is -0.134. The van der Waals surface area contributed by atoms with E-state index in [0.717, 1.165) is 58.6 Å². The highest BCUT2D eigenvalue weighted by molar-refractivity contribution is 7.16. The molecule has 1 aromatic heterocycles. The average Bonchev–Trinajstić information content (AvgIpc) is 3.23. The summed E-state index contributed by atoms with van der Waals surface area (Å²) >= 11 is 1.43. The second kappa shape index (κ2) is 7.75. The molecule has 2 aliphatic carbocycles. The van der Waals surface area contributed by atoms with Crippen molar-refractivity contribution in [2.45, 2.75) is 51.0 Å². The third-order valence-corrected chi connectivity index (χ3v) is 8.00. The van der Waals surface area contributed by atoms with E-state index in [1.165, 1.54) is 11.3 Å². The Hall–Kier alpha value is -3.18. The smallest absolute Gasteiger partial charge is 0.319 e. The second-order valence-electron chi connectivity index (χ2n) is 8.95. The molecule has 1 fully saturated rings. The van der Waals surface area contributed by atoms with Crippen molar-refractivity contribution < 1.29 is 14.4 Å². The first kappa shape index (κ1) is 20.7. The van der Waals surface area contributed by atoms with Gasteiger partial charge in [-0.15, -0.1) is 11.3 Å². The summed E-state index contributed by atoms with van der Waals surface area (Å²) in [5.41, 5.74) is 2.32. The van der Waals surface area contributed by atoms with E-state index in [1.807, 2.05) is 24.3 Å². The molecule has 32 heavy (non-hydrogen) atoms. The van der Waals surface area contributed by atoms with Gasteiger partial charge in [0, 0.05) is 4.88 Å². The van der Waals surface area contributed by atoms with Crippen molar-refractivity contribution in [3.63, 3.8) is 0 Å². The highest BCUT2D eigenvalue weighted by Crippen LogP contribution is 2.41. The summed E-state index contributed by atoms with van der Waals surface area (Å²) in [4.78, 5) is 41.1. The molecule has 1 spiro atoms. The minimum atomic E-state index is -1.10. The summed E-state index contributed by atoms with van der Waals surface area (Å²) in [7, 11) is 0. The quantitative estimate of drug-likeness (QED) is 0.702. The van der Waals surface area contributed by atoms with Crippen LogP contribution in [-0.2, 0) is 34.4 Å². The zero-order chi connectivity index (χ0) is 22.5. The minimum absolute atomic E-state index is 0.377. The van der Waals surface area contributed by atoms with Gasteiger partial charge in [0.05, 0.1) is 5.56 Å². The van der Waals surface area contributed by atoms with Crippen molar-refractivity contribution in [1.82, 2.24) is 10.2 Å². The molecule has 0 unspecified atom stereocenters. The maximum atomic E-state index is 13.4. The number of imide groups is 1. The van der Waals surface area contributed by atoms with Gasteiger partial charge in [-0.2, -0.15) is 5.26 Å². The molecule has 2 atom stereocenters. The summed E-state index contributed by atoms with van der Waals surface area (Å²) < 4.78 is 0. The summed E-state index contributed by atoms with van der Waals surface area (Å²) in [6.45, 7) is 1.81. The van der Waals surface area contributed by atoms with E-state index in [4.69, 9.17) is 0 Å². The van der Waals surface area contributed by atoms with Crippen LogP contribution in [0.4, 0.5) is 9.80 Å². The fourth-order valence-electron chi connectivity index (χ4n) is 5.22. The average molecular weight is 449 g/mol. The Morgan fingerprint density at radius 3 is 2.97 bits per heavy atom. The van der Waals surface area contributed by atoms with E-state index in [2.05, 4.69) is 23.6 Å². The number of nitrogens with zero attached hydrogens (tertiary/aromatic N) is 2. The number of fused-ring (bicyclic) bond motifs is 3. The van der Waals surface area contributed by atoms with E-state index in [9.17, 15) is 19.6 Å². The summed E-state index contributed by atoms with van der Waals surface area (Å²) in [5.74, 6) is -0.306. The number of aryl methyl sites for hydroxylation is 1. The van der Waals surface area contributed by atoms with Crippen molar-refractivity contribution in [2.75, 3.05) is 11.9 Å². The molecule has 2 N–H and O–H groups in total. The predicted octanol–water partition coefficient (Wildman–Crippen LogP) is 3.47. The summed E-state index contributed by atoms with van der Waals surface area (Å²) in [6.07, 6.45) is 4.92. The highest BCUT2D eigenvalue weighted by atomic mass is 32.1. The Bertz CT molecular complexity index is 1180. The topological polar surface area (TPSA) is 102 Å². The molecule has 1 aliphatic heterocycles. The number of thiophene rings is 1. The van der Waals surface area contributed by atoms with Gasteiger partial charge in [-0.1, -0.05) is 31.2 Å². The van der Waals surface area contributed by atoms with Gasteiger partial charge < -0.3 is 10.6 Å². The van der Waals surface area contributed by atoms with Crippen molar-refractivity contribution in [1.29, 1.82) is 5.26 Å². The molecule has 0 saturated carbocycles. The molecule has 0 bridgehead atoms. The van der Waals surface area contributed by atoms with Crippen LogP contribution in [0.25, 0.3) is 0 Å². The van der Waals surface area contributed by atoms with E-state index in [0.29, 0.717) is 22.9 Å². The number of amides is 4. The standard InChI is InChI=1S/C24H24N4O3S/c1-14-8-9-16-17(12-25)21(32-19(16)11-14)26-20(29)13-28-22(30)24(27-23(28)31)10-4-6-15-5-2-3-7-18(15)24/h2-3,5,7,14H,4,6,8-11,13H2,1H3,(H,26,29)(H,27,31)/t14-,24+/m1/s1. The number of carbonyl (C=O) groups excluding carboxylic acids is 3. The molecule has 2 aromatic rings. The number of hydrogen-bond acceptors (Lipinski definition) is 5. The molecule has 164 valence electrons. The van der Waals surface area contributed by atoms with Crippen LogP contribution in [0, 0.1) is 17.2 Å². The number of hydrogen-bond donors (Lipinski definition) is 2. The van der Waals surface area contributed by atoms with Gasteiger partial charge in [0.25, 0.3) is 5.91 Å². The van der Waals surface area contributed by atoms with Crippen LogP contribution < -0.4 is 10.6 Å². The van der Waals surface area contributed by atoms with Crippen LogP contribution in [0.5, 0.6) is 0 Å². The van der Waals surface area contributed by atoms with Crippen molar-refractivity contribution in [3.05, 3.63) is 51.4 Å². The van der Waals surface area contributed by atoms with Crippen molar-refractivity contribution in [2.24, 2.45) is 5.92 Å². The van der Waals surface area contributed by atoms with E-state index < -0.39 is 17.5 Å². The van der Waals surface area contributed by atoms with Gasteiger partial charge in [-0.3, -0.25) is 14.5 Å². The third-order valence-electron chi connectivity index (χ3n) is 6.83. The van der Waals surface area contributed by atoms with Gasteiger partial charge in [0.1, 0.15) is 23.2 Å². The van der Waals surface area contributed by atoms with Crippen molar-refractivity contribution >= 4 is 34.2 Å². The van der Waals surface area contributed by atoms with E-state index in [1.54, 1.807) is 0 Å². The lowest BCUT2D eigenvalue weighted by Gasteiger charge is -2.33. The molecule has 4 amide bonds. The van der Waals surface area contributed by atoms with E-state index >= 15 is 0 Å². The van der Waals surface area contributed by atoms with Gasteiger partial charge in [-0.25, -0.2) is 4.79 Å². The van der Waals surface area contributed by atoms with Crippen LogP contribution >= 0.6 is 11.3 Å². The van der Waals surface area contributed by atoms with Gasteiger partial charge >= 0.3 is 6.03 Å². The Balaban J connectivity index is 1.36. The zero-order valence-electron chi connectivity index (χ0n) is 17.9. The fraction of sp³-hybridized carbons (Fsp3) is 0.417. The molecule has 1 saturated heterocycles. The molecular formula is C24H24N4O3S. The van der Waals surface area contributed by atoms with Crippen LogP contribution in [0.1, 0.15) is 53.3 Å². The first-order valence-electron chi connectivity index (χ1n) is 11.0. The lowest BCUT2D eigenvalue weighted by atomic mass is 9.76. The largest absolute Gasteiger partial charge is 0.325 e. The SMILES string of the molecule is C[C@@H]1CCc2c(sc(NC(=O)CN3C(=O)N[C@]4(CCCc5ccccc54)C3=O)c2C#N)C1. The maximum absolute atomic E-state index is 13.4. The molecule has 7 nitrogen and oxygen atoms in total. The number of rotatable bonds is 3. The fourth-order valence-corrected chi connectivity index (χ4v) is 6.60. The molecular weight excluding hydrogens is 424 g/mol. The number of nitrogens with one attached hydrogen (secondary N) is 2. The van der Waals surface area contributed by atoms with Gasteiger partial charge in [0.2, 0.25) is 5.91 Å². The third kappa shape index (κ3) is 3.19. The lowest BCUT2D eigenvalue weighted by Crippen LogP contribution is -2.47. The van der Waals surface area contributed by atoms with Crippen LogP contribution in [0.2, 0.25) is 0 Å². The molecule has 0 radical (unpaired) electrons. The van der Waals surface area contributed by atoms with Crippen LogP contribution in [0.3, 0.4) is 0 Å². The van der Waals surface area contributed by atoms with Crippen LogP contribution in [-0.4, -0.2) is 29.3 Å². The number of benzene rings is 1. The second-order valence-corrected chi connectivity index (χ2v) is 10.1. The Morgan fingerprint density at radius 1 is 1.34 bits per heavy atom. The summed E-state index contributed by atoms with van der Waals surface area (Å²) in [6, 6.07) is 9.33. The molecule has 2 heterocycles. The number of carbonyl (C=O) groups is 3. The van der Waals surface area contributed by atoms with Gasteiger partial charge in [-0.05, 0) is 61.1 Å². The maximum Gasteiger partial charge on any atom is 0.325 e. The number of nitriles is 1. The molecule has 8 heteroatoms. The summed E-state index contributed by atoms with van der Waals surface area (Å²) in [5, 5.41) is 15.8. The Morgan fingerprint density at radius 2 is 2.16 bits per heavy atom.